The van der Waals surface area contributed by atoms with Crippen molar-refractivity contribution < 1.29 is 13.5 Å². The van der Waals surface area contributed by atoms with Crippen molar-refractivity contribution >= 4 is 27.0 Å². The molecule has 2 atom stereocenters. The first-order chi connectivity index (χ1) is 14.9. The molecule has 0 aromatic carbocycles. The average molecular weight is 460 g/mol. The van der Waals surface area contributed by atoms with Gasteiger partial charge < -0.3 is 10.4 Å². The molecule has 2 aromatic rings. The van der Waals surface area contributed by atoms with E-state index < -0.39 is 27.2 Å². The number of sulfonamides is 1. The van der Waals surface area contributed by atoms with Gasteiger partial charge in [0.25, 0.3) is 5.56 Å². The molecular formula is C22H29N5O4S. The second-order valence-electron chi connectivity index (χ2n) is 9.46. The van der Waals surface area contributed by atoms with Crippen LogP contribution in [-0.2, 0) is 10.0 Å². The molecule has 0 bridgehead atoms. The van der Waals surface area contributed by atoms with Crippen LogP contribution in [0.15, 0.2) is 17.1 Å². The lowest BCUT2D eigenvalue weighted by atomic mass is 9.91. The maximum Gasteiger partial charge on any atom is 0.268 e. The molecule has 2 aromatic heterocycles. The molecule has 32 heavy (non-hydrogen) atoms. The van der Waals surface area contributed by atoms with Gasteiger partial charge in [-0.25, -0.2) is 17.7 Å². The second-order valence-corrected chi connectivity index (χ2v) is 11.4. The molecule has 3 heterocycles. The van der Waals surface area contributed by atoms with E-state index in [1.54, 1.807) is 19.2 Å². The number of aliphatic hydroxyl groups is 1. The quantitative estimate of drug-likeness (QED) is 0.665. The minimum atomic E-state index is -3.22. The highest BCUT2D eigenvalue weighted by Crippen LogP contribution is 2.39. The van der Waals surface area contributed by atoms with Crippen LogP contribution in [0.25, 0.3) is 11.0 Å². The number of hydrogen-bond donors (Lipinski definition) is 2. The minimum absolute atomic E-state index is 0.213. The van der Waals surface area contributed by atoms with Gasteiger partial charge in [-0.1, -0.05) is 5.92 Å². The molecule has 0 radical (unpaired) electrons. The molecule has 1 saturated carbocycles. The summed E-state index contributed by atoms with van der Waals surface area (Å²) >= 11 is 0. The zero-order chi connectivity index (χ0) is 23.3. The number of fused-ring (bicyclic) bond motifs is 1. The Morgan fingerprint density at radius 2 is 1.97 bits per heavy atom. The molecule has 4 rings (SSSR count). The van der Waals surface area contributed by atoms with E-state index >= 15 is 0 Å². The number of aromatic nitrogens is 3. The minimum Gasteiger partial charge on any atom is -0.388 e. The predicted molar refractivity (Wildman–Crippen MR) is 123 cm³/mol. The Kier molecular flexibility index (Phi) is 5.56. The van der Waals surface area contributed by atoms with E-state index in [0.717, 1.165) is 6.42 Å². The highest BCUT2D eigenvalue weighted by Gasteiger charge is 2.40. The maximum atomic E-state index is 13.1. The van der Waals surface area contributed by atoms with E-state index in [2.05, 4.69) is 21.2 Å². The molecule has 1 saturated heterocycles. The molecule has 2 aliphatic rings. The summed E-state index contributed by atoms with van der Waals surface area (Å²) in [7, 11) is -3.22. The highest BCUT2D eigenvalue weighted by atomic mass is 32.2. The normalized spacial score (nSPS) is 26.2. The van der Waals surface area contributed by atoms with Crippen molar-refractivity contribution in [3.8, 4) is 12.3 Å². The third-order valence-electron chi connectivity index (χ3n) is 6.83. The van der Waals surface area contributed by atoms with Crippen molar-refractivity contribution in [2.24, 2.45) is 0 Å². The van der Waals surface area contributed by atoms with Crippen LogP contribution in [0.4, 0.5) is 5.95 Å². The monoisotopic (exact) mass is 459 g/mol. The smallest absolute Gasteiger partial charge is 0.268 e. The Morgan fingerprint density at radius 1 is 1.28 bits per heavy atom. The van der Waals surface area contributed by atoms with Crippen molar-refractivity contribution in [1.82, 2.24) is 18.8 Å². The van der Waals surface area contributed by atoms with Gasteiger partial charge in [0.15, 0.2) is 0 Å². The number of hydrogen-bond acceptors (Lipinski definition) is 7. The van der Waals surface area contributed by atoms with Crippen LogP contribution in [0.1, 0.15) is 57.6 Å². The van der Waals surface area contributed by atoms with Crippen LogP contribution < -0.4 is 10.9 Å². The van der Waals surface area contributed by atoms with Crippen molar-refractivity contribution in [1.29, 1.82) is 0 Å². The van der Waals surface area contributed by atoms with E-state index in [-0.39, 0.29) is 11.1 Å². The van der Waals surface area contributed by atoms with Crippen LogP contribution >= 0.6 is 0 Å². The summed E-state index contributed by atoms with van der Waals surface area (Å²) in [5.74, 6) is 2.80. The molecule has 0 spiro atoms. The van der Waals surface area contributed by atoms with E-state index in [0.29, 0.717) is 55.8 Å². The number of nitrogens with one attached hydrogen (secondary N) is 1. The molecule has 0 amide bonds. The number of nitrogens with zero attached hydrogens (tertiary/aromatic N) is 4. The zero-order valence-corrected chi connectivity index (χ0v) is 19.4. The van der Waals surface area contributed by atoms with Crippen LogP contribution in [-0.4, -0.2) is 62.8 Å². The van der Waals surface area contributed by atoms with Gasteiger partial charge in [0.2, 0.25) is 16.0 Å². The molecule has 172 valence electrons. The van der Waals surface area contributed by atoms with Crippen molar-refractivity contribution in [2.45, 2.75) is 63.1 Å². The van der Waals surface area contributed by atoms with Gasteiger partial charge in [-0.3, -0.25) is 9.36 Å². The van der Waals surface area contributed by atoms with Gasteiger partial charge >= 0.3 is 0 Å². The molecule has 10 heteroatoms. The molecular weight excluding hydrogens is 430 g/mol. The standard InChI is InChI=1S/C22H29N5O4S/c1-5-15-13-16-14-23-20(25-21(2)9-11-26(12-10-21)32(4,30)31)24-18(16)27(19(15)28)17-7-6-8-22(17,3)29/h1,13-14,17,29H,6-12H2,2-4H3,(H,23,24,25)/t17-,22-/m1/s1. The van der Waals surface area contributed by atoms with E-state index in [1.165, 1.54) is 15.1 Å². The Labute approximate surface area is 187 Å². The first kappa shape index (κ1) is 22.7. The average Bonchev–Trinajstić information content (AvgIpc) is 3.05. The summed E-state index contributed by atoms with van der Waals surface area (Å²) < 4.78 is 26.6. The maximum absolute atomic E-state index is 13.1. The van der Waals surface area contributed by atoms with Gasteiger partial charge in [0.1, 0.15) is 5.65 Å². The number of terminal acetylenes is 1. The highest BCUT2D eigenvalue weighted by molar-refractivity contribution is 7.88. The Hall–Kier alpha value is -2.48. The van der Waals surface area contributed by atoms with Crippen LogP contribution in [0.3, 0.4) is 0 Å². The summed E-state index contributed by atoms with van der Waals surface area (Å²) in [6.07, 6.45) is 11.7. The van der Waals surface area contributed by atoms with E-state index in [1.807, 2.05) is 6.92 Å². The fourth-order valence-electron chi connectivity index (χ4n) is 4.82. The second kappa shape index (κ2) is 7.83. The Balaban J connectivity index is 1.72. The van der Waals surface area contributed by atoms with Crippen molar-refractivity contribution in [3.63, 3.8) is 0 Å². The molecule has 2 fully saturated rings. The fourth-order valence-corrected chi connectivity index (χ4v) is 5.66. The lowest BCUT2D eigenvalue weighted by Crippen LogP contribution is -2.49. The van der Waals surface area contributed by atoms with Gasteiger partial charge in [-0.2, -0.15) is 4.98 Å². The number of anilines is 1. The van der Waals surface area contributed by atoms with Crippen molar-refractivity contribution in [3.05, 3.63) is 28.2 Å². The zero-order valence-electron chi connectivity index (χ0n) is 18.6. The SMILES string of the molecule is C#Cc1cc2cnc(NC3(C)CCN(S(C)(=O)=O)CC3)nc2n([C@@H]2CCC[C@@]2(C)O)c1=O. The van der Waals surface area contributed by atoms with Gasteiger partial charge in [0.05, 0.1) is 23.5 Å². The third-order valence-corrected chi connectivity index (χ3v) is 8.13. The summed E-state index contributed by atoms with van der Waals surface area (Å²) in [5, 5.41) is 14.9. The van der Waals surface area contributed by atoms with Gasteiger partial charge in [-0.05, 0) is 52.0 Å². The summed E-state index contributed by atoms with van der Waals surface area (Å²) in [5.41, 5.74) is -1.13. The first-order valence-electron chi connectivity index (χ1n) is 10.8. The van der Waals surface area contributed by atoms with Crippen LogP contribution in [0.5, 0.6) is 0 Å². The summed E-state index contributed by atoms with van der Waals surface area (Å²) in [6, 6.07) is 1.18. The molecule has 0 unspecified atom stereocenters. The van der Waals surface area contributed by atoms with E-state index in [4.69, 9.17) is 6.42 Å². The van der Waals surface area contributed by atoms with Gasteiger partial charge in [-0.15, -0.1) is 6.42 Å². The summed E-state index contributed by atoms with van der Waals surface area (Å²) in [6.45, 7) is 4.58. The fraction of sp³-hybridized carbons (Fsp3) is 0.591. The number of pyridine rings is 1. The van der Waals surface area contributed by atoms with E-state index in [9.17, 15) is 18.3 Å². The number of rotatable bonds is 4. The van der Waals surface area contributed by atoms with Gasteiger partial charge in [0, 0.05) is 30.2 Å². The first-order valence-corrected chi connectivity index (χ1v) is 12.6. The molecule has 2 N–H and O–H groups in total. The molecule has 1 aliphatic carbocycles. The molecule has 1 aliphatic heterocycles. The Bertz CT molecular complexity index is 1250. The number of piperidine rings is 1. The topological polar surface area (TPSA) is 117 Å². The lowest BCUT2D eigenvalue weighted by molar-refractivity contribution is 0.0266. The predicted octanol–water partition coefficient (Wildman–Crippen LogP) is 1.47. The molecule has 9 nitrogen and oxygen atoms in total. The Morgan fingerprint density at radius 3 is 2.53 bits per heavy atom. The van der Waals surface area contributed by atoms with Crippen LogP contribution in [0, 0.1) is 12.3 Å². The largest absolute Gasteiger partial charge is 0.388 e. The van der Waals surface area contributed by atoms with Crippen molar-refractivity contribution in [2.75, 3.05) is 24.7 Å². The van der Waals surface area contributed by atoms with Crippen LogP contribution in [0.2, 0.25) is 0 Å². The third kappa shape index (κ3) is 4.12. The lowest BCUT2D eigenvalue weighted by Gasteiger charge is -2.38. The summed E-state index contributed by atoms with van der Waals surface area (Å²) in [4.78, 5) is 22.2.